The fourth-order valence-electron chi connectivity index (χ4n) is 5.03. The van der Waals surface area contributed by atoms with Crippen LogP contribution in [0.5, 0.6) is 0 Å². The Hall–Kier alpha value is -4.77. The van der Waals surface area contributed by atoms with Crippen molar-refractivity contribution >= 4 is 34.5 Å². The van der Waals surface area contributed by atoms with Gasteiger partial charge in [0.25, 0.3) is 5.91 Å². The lowest BCUT2D eigenvalue weighted by molar-refractivity contribution is 0.0943. The van der Waals surface area contributed by atoms with Crippen LogP contribution in [-0.4, -0.2) is 46.1 Å². The number of anilines is 2. The second-order valence-corrected chi connectivity index (χ2v) is 10.1. The third-order valence-electron chi connectivity index (χ3n) is 7.32. The van der Waals surface area contributed by atoms with Gasteiger partial charge in [-0.15, -0.1) is 0 Å². The Morgan fingerprint density at radius 1 is 1.07 bits per heavy atom. The lowest BCUT2D eigenvalue weighted by Gasteiger charge is -2.23. The molecule has 1 fully saturated rings. The molecule has 1 aliphatic heterocycles. The highest BCUT2D eigenvalue weighted by atomic mass is 16.2. The smallest absolute Gasteiger partial charge is 0.319 e. The predicted molar refractivity (Wildman–Crippen MR) is 160 cm³/mol. The molecular formula is C30H34N8O3. The fraction of sp³-hybridized carbons (Fsp3) is 0.300. The van der Waals surface area contributed by atoms with Crippen LogP contribution in [-0.2, 0) is 13.1 Å². The number of fused-ring (bicyclic) bond motifs is 1. The van der Waals surface area contributed by atoms with Gasteiger partial charge in [0.05, 0.1) is 11.1 Å². The van der Waals surface area contributed by atoms with Gasteiger partial charge in [-0.2, -0.15) is 0 Å². The van der Waals surface area contributed by atoms with E-state index in [0.29, 0.717) is 48.0 Å². The third kappa shape index (κ3) is 6.36. The van der Waals surface area contributed by atoms with Crippen molar-refractivity contribution in [2.45, 2.75) is 32.9 Å². The highest BCUT2D eigenvalue weighted by molar-refractivity contribution is 6.01. The molecule has 5 rings (SSSR count). The van der Waals surface area contributed by atoms with Crippen molar-refractivity contribution in [3.63, 3.8) is 0 Å². The molecule has 11 nitrogen and oxygen atoms in total. The number of aryl methyl sites for hydroxylation is 1. The summed E-state index contributed by atoms with van der Waals surface area (Å²) >= 11 is 0. The van der Waals surface area contributed by atoms with Gasteiger partial charge in [-0.25, -0.2) is 9.78 Å². The number of hydrogen-bond donors (Lipinski definition) is 5. The number of carbonyl (C=O) groups is 2. The van der Waals surface area contributed by atoms with Gasteiger partial charge in [0.2, 0.25) is 5.43 Å². The van der Waals surface area contributed by atoms with Crippen LogP contribution < -0.4 is 32.4 Å². The topological polar surface area (TPSA) is 156 Å². The molecule has 0 spiro atoms. The number of nitrogens with two attached hydrogens (primary N) is 1. The minimum Gasteiger partial charge on any atom is -0.384 e. The molecule has 0 saturated carbocycles. The number of amides is 3. The van der Waals surface area contributed by atoms with E-state index < -0.39 is 11.3 Å². The molecule has 1 saturated heterocycles. The summed E-state index contributed by atoms with van der Waals surface area (Å²) in [5, 5.41) is 12.2. The highest BCUT2D eigenvalue weighted by Crippen LogP contribution is 2.24. The van der Waals surface area contributed by atoms with Gasteiger partial charge in [-0.3, -0.25) is 14.6 Å². The van der Waals surface area contributed by atoms with Crippen LogP contribution in [0.1, 0.15) is 35.7 Å². The van der Waals surface area contributed by atoms with Crippen molar-refractivity contribution in [3.05, 3.63) is 82.3 Å². The molecule has 3 amide bonds. The third-order valence-corrected chi connectivity index (χ3v) is 7.32. The maximum Gasteiger partial charge on any atom is 0.319 e. The molecule has 41 heavy (non-hydrogen) atoms. The number of benzene rings is 1. The maximum atomic E-state index is 13.4. The first kappa shape index (κ1) is 27.8. The molecule has 0 aliphatic carbocycles. The minimum atomic E-state index is -0.452. The van der Waals surface area contributed by atoms with Crippen LogP contribution in [0.2, 0.25) is 0 Å². The van der Waals surface area contributed by atoms with Crippen LogP contribution in [0.3, 0.4) is 0 Å². The van der Waals surface area contributed by atoms with Crippen LogP contribution >= 0.6 is 0 Å². The molecule has 4 heterocycles. The molecule has 11 heteroatoms. The summed E-state index contributed by atoms with van der Waals surface area (Å²) in [6.45, 7) is 5.06. The first-order valence-corrected chi connectivity index (χ1v) is 13.8. The van der Waals surface area contributed by atoms with E-state index in [2.05, 4.69) is 26.3 Å². The Kier molecular flexibility index (Phi) is 8.54. The van der Waals surface area contributed by atoms with Crippen molar-refractivity contribution < 1.29 is 9.59 Å². The van der Waals surface area contributed by atoms with Gasteiger partial charge in [-0.05, 0) is 74.7 Å². The maximum absolute atomic E-state index is 13.4. The zero-order chi connectivity index (χ0) is 28.8. The first-order valence-electron chi connectivity index (χ1n) is 13.8. The van der Waals surface area contributed by atoms with Gasteiger partial charge in [0, 0.05) is 43.3 Å². The quantitative estimate of drug-likeness (QED) is 0.224. The highest BCUT2D eigenvalue weighted by Gasteiger charge is 2.23. The van der Waals surface area contributed by atoms with Gasteiger partial charge >= 0.3 is 6.03 Å². The molecule has 4 aromatic rings. The second-order valence-electron chi connectivity index (χ2n) is 10.1. The normalized spacial score (nSPS) is 13.6. The average molecular weight is 555 g/mol. The molecule has 0 atom stereocenters. The van der Waals surface area contributed by atoms with Gasteiger partial charge in [0.1, 0.15) is 17.0 Å². The lowest BCUT2D eigenvalue weighted by atomic mass is 9.98. The summed E-state index contributed by atoms with van der Waals surface area (Å²) in [4.78, 5) is 47.5. The van der Waals surface area contributed by atoms with Gasteiger partial charge < -0.3 is 31.6 Å². The van der Waals surface area contributed by atoms with Gasteiger partial charge in [-0.1, -0.05) is 18.2 Å². The van der Waals surface area contributed by atoms with E-state index in [-0.39, 0.29) is 17.4 Å². The molecule has 1 aliphatic rings. The monoisotopic (exact) mass is 554 g/mol. The Morgan fingerprint density at radius 3 is 2.56 bits per heavy atom. The van der Waals surface area contributed by atoms with Crippen molar-refractivity contribution in [3.8, 4) is 11.3 Å². The second kappa shape index (κ2) is 12.6. The molecule has 0 bridgehead atoms. The summed E-state index contributed by atoms with van der Waals surface area (Å²) in [7, 11) is 0. The molecule has 1 aromatic carbocycles. The number of hydrogen-bond acceptors (Lipinski definition) is 7. The van der Waals surface area contributed by atoms with E-state index in [4.69, 9.17) is 10.7 Å². The number of piperidine rings is 1. The van der Waals surface area contributed by atoms with Crippen LogP contribution in [0, 0.1) is 5.92 Å². The van der Waals surface area contributed by atoms with E-state index in [1.807, 2.05) is 31.2 Å². The predicted octanol–water partition coefficient (Wildman–Crippen LogP) is 3.11. The van der Waals surface area contributed by atoms with Crippen molar-refractivity contribution in [1.82, 2.24) is 30.5 Å². The van der Waals surface area contributed by atoms with E-state index in [0.717, 1.165) is 37.1 Å². The lowest BCUT2D eigenvalue weighted by Crippen LogP contribution is -2.38. The molecule has 0 radical (unpaired) electrons. The number of nitrogens with one attached hydrogen (secondary N) is 4. The summed E-state index contributed by atoms with van der Waals surface area (Å²) < 4.78 is 1.70. The number of nitrogen functional groups attached to an aromatic ring is 1. The first-order chi connectivity index (χ1) is 19.9. The van der Waals surface area contributed by atoms with Crippen LogP contribution in [0.15, 0.2) is 65.7 Å². The van der Waals surface area contributed by atoms with E-state index in [9.17, 15) is 14.4 Å². The van der Waals surface area contributed by atoms with Crippen LogP contribution in [0.25, 0.3) is 22.3 Å². The van der Waals surface area contributed by atoms with E-state index in [1.54, 1.807) is 41.2 Å². The van der Waals surface area contributed by atoms with E-state index in [1.165, 1.54) is 0 Å². The standard InChI is InChI=1S/C30H34N8O3/c1-2-38-27(31)25(29(40)34-17-19-11-14-32-15-12-19)26(39)23-9-10-24(37-28(23)38)21-5-7-22(8-6-21)36-30(41)35-18-20-4-3-13-33-16-20/h3-10,13,16,19,32H,2,11-12,14-15,17-18,31H2,1H3,(H,34,40)(H2,35,36,41). The molecule has 6 N–H and O–H groups in total. The van der Waals surface area contributed by atoms with Crippen molar-refractivity contribution in [1.29, 1.82) is 0 Å². The van der Waals surface area contributed by atoms with Crippen molar-refractivity contribution in [2.24, 2.45) is 5.92 Å². The number of rotatable bonds is 8. The largest absolute Gasteiger partial charge is 0.384 e. The summed E-state index contributed by atoms with van der Waals surface area (Å²) in [6.07, 6.45) is 5.34. The summed E-state index contributed by atoms with van der Waals surface area (Å²) in [6, 6.07) is 14.0. The Morgan fingerprint density at radius 2 is 1.85 bits per heavy atom. The van der Waals surface area contributed by atoms with Gasteiger partial charge in [0.15, 0.2) is 0 Å². The molecule has 212 valence electrons. The minimum absolute atomic E-state index is 0.0416. The summed E-state index contributed by atoms with van der Waals surface area (Å²) in [5.41, 5.74) is 9.28. The van der Waals surface area contributed by atoms with Crippen LogP contribution in [0.4, 0.5) is 16.3 Å². The zero-order valence-electron chi connectivity index (χ0n) is 22.9. The Balaban J connectivity index is 1.32. The number of carbonyl (C=O) groups excluding carboxylic acids is 2. The number of nitrogens with zero attached hydrogens (tertiary/aromatic N) is 3. The zero-order valence-corrected chi connectivity index (χ0v) is 22.9. The molecule has 3 aromatic heterocycles. The SMILES string of the molecule is CCn1c(N)c(C(=O)NCC2CCNCC2)c(=O)c2ccc(-c3ccc(NC(=O)NCc4cccnc4)cc3)nc21. The Bertz CT molecular complexity index is 1600. The average Bonchev–Trinajstić information content (AvgIpc) is 3.00. The summed E-state index contributed by atoms with van der Waals surface area (Å²) in [5.74, 6) is 0.0309. The number of urea groups is 1. The Labute approximate surface area is 237 Å². The molecule has 0 unspecified atom stereocenters. The van der Waals surface area contributed by atoms with Crippen molar-refractivity contribution in [2.75, 3.05) is 30.7 Å². The number of aromatic nitrogens is 3. The van der Waals surface area contributed by atoms with E-state index >= 15 is 0 Å². The fourth-order valence-corrected chi connectivity index (χ4v) is 5.03. The number of pyridine rings is 3. The molecular weight excluding hydrogens is 520 g/mol.